The number of fused-ring (bicyclic) bond motifs is 17. The Morgan fingerprint density at radius 2 is 1.12 bits per heavy atom. The molecule has 0 fully saturated rings. The van der Waals surface area contributed by atoms with E-state index in [1.807, 2.05) is 0 Å². The lowest BCUT2D eigenvalue weighted by Crippen LogP contribution is -2.60. The van der Waals surface area contributed by atoms with Gasteiger partial charge in [-0.15, -0.1) is 0 Å². The average Bonchev–Trinajstić information content (AvgIpc) is 3.94. The number of para-hydroxylation sites is 1. The summed E-state index contributed by atoms with van der Waals surface area (Å²) in [6, 6.07) is 35.7. The van der Waals surface area contributed by atoms with Crippen molar-refractivity contribution in [2.45, 2.75) is 155 Å². The van der Waals surface area contributed by atoms with Crippen molar-refractivity contribution < 1.29 is 8.83 Å². The fourth-order valence-electron chi connectivity index (χ4n) is 13.3. The summed E-state index contributed by atoms with van der Waals surface area (Å²) in [4.78, 5) is 2.69. The van der Waals surface area contributed by atoms with Gasteiger partial charge < -0.3 is 18.2 Å². The van der Waals surface area contributed by atoms with Crippen LogP contribution < -0.4 is 15.9 Å². The second kappa shape index (κ2) is 12.7. The Labute approximate surface area is 396 Å². The molecule has 2 aliphatic heterocycles. The van der Waals surface area contributed by atoms with E-state index in [9.17, 15) is 0 Å². The van der Waals surface area contributed by atoms with Crippen LogP contribution in [0.1, 0.15) is 156 Å². The van der Waals surface area contributed by atoms with Gasteiger partial charge in [0, 0.05) is 38.5 Å². The van der Waals surface area contributed by atoms with Crippen molar-refractivity contribution in [2.24, 2.45) is 0 Å². The van der Waals surface area contributed by atoms with Gasteiger partial charge in [-0.25, -0.2) is 0 Å². The number of aromatic nitrogens is 1. The minimum Gasteiger partial charge on any atom is -0.466 e. The van der Waals surface area contributed by atoms with Gasteiger partial charge in [-0.05, 0) is 157 Å². The third kappa shape index (κ3) is 5.43. The second-order valence-corrected chi connectivity index (χ2v) is 25.9. The zero-order valence-electron chi connectivity index (χ0n) is 42.3. The van der Waals surface area contributed by atoms with E-state index in [2.05, 4.69) is 197 Å². The number of anilines is 2. The molecule has 338 valence electrons. The lowest BCUT2D eigenvalue weighted by Gasteiger charge is -2.46. The predicted octanol–water partition coefficient (Wildman–Crippen LogP) is 16.0. The molecule has 67 heavy (non-hydrogen) atoms. The monoisotopic (exact) mass is 881 g/mol. The molecule has 4 aliphatic rings. The zero-order chi connectivity index (χ0) is 46.9. The van der Waals surface area contributed by atoms with E-state index >= 15 is 0 Å². The molecule has 4 nitrogen and oxygen atoms in total. The minimum absolute atomic E-state index is 0.0104. The standard InChI is InChI=1S/C62H65BN2O2/c1-57(2,3)34-19-22-36(23-20-34)65-46-32-43-41(59(7,8)25-27-61(43,11)12)30-39(46)49-50-37-17-15-16-18-47(37)66-55(50)51-38-29-35(58(4,5)6)21-24-45(38)64-53-40-31-42-44(62(13,14)28-26-60(42,9)10)33-48(40)67-56(53)63(65)52(49)54(51)64/h15-24,29-33H,25-28H2,1-14H3. The summed E-state index contributed by atoms with van der Waals surface area (Å²) >= 11 is 0. The number of hydrogen-bond acceptors (Lipinski definition) is 3. The van der Waals surface area contributed by atoms with Crippen molar-refractivity contribution in [2.75, 3.05) is 4.81 Å². The van der Waals surface area contributed by atoms with Crippen LogP contribution in [0.15, 0.2) is 99.8 Å². The Balaban J connectivity index is 1.28. The van der Waals surface area contributed by atoms with Crippen molar-refractivity contribution >= 4 is 84.1 Å². The van der Waals surface area contributed by atoms with Crippen molar-refractivity contribution in [3.8, 4) is 16.8 Å². The maximum atomic E-state index is 7.72. The molecule has 0 amide bonds. The lowest BCUT2D eigenvalue weighted by molar-refractivity contribution is 0.332. The molecule has 0 unspecified atom stereocenters. The van der Waals surface area contributed by atoms with Crippen LogP contribution in [0.3, 0.4) is 0 Å². The summed E-state index contributed by atoms with van der Waals surface area (Å²) in [5.41, 5.74) is 22.2. The van der Waals surface area contributed by atoms with Gasteiger partial charge in [0.2, 0.25) is 0 Å². The average molecular weight is 881 g/mol. The highest BCUT2D eigenvalue weighted by Gasteiger charge is 2.51. The van der Waals surface area contributed by atoms with Gasteiger partial charge >= 0.3 is 6.85 Å². The van der Waals surface area contributed by atoms with Crippen molar-refractivity contribution in [3.63, 3.8) is 0 Å². The van der Waals surface area contributed by atoms with E-state index in [0.29, 0.717) is 0 Å². The maximum absolute atomic E-state index is 7.72. The molecular weight excluding hydrogens is 816 g/mol. The highest BCUT2D eigenvalue weighted by molar-refractivity contribution is 6.93. The predicted molar refractivity (Wildman–Crippen MR) is 285 cm³/mol. The Morgan fingerprint density at radius 1 is 0.537 bits per heavy atom. The molecule has 0 saturated carbocycles. The molecule has 0 saturated heterocycles. The fraction of sp³-hybridized carbons (Fsp3) is 0.387. The van der Waals surface area contributed by atoms with E-state index in [0.717, 1.165) is 53.5 Å². The number of rotatable bonds is 1. The summed E-state index contributed by atoms with van der Waals surface area (Å²) in [5.74, 6) is 0. The second-order valence-electron chi connectivity index (χ2n) is 25.9. The van der Waals surface area contributed by atoms with Crippen LogP contribution in [0.25, 0.3) is 71.5 Å². The topological polar surface area (TPSA) is 34.5 Å². The first-order valence-corrected chi connectivity index (χ1v) is 25.1. The molecule has 0 spiro atoms. The third-order valence-corrected chi connectivity index (χ3v) is 17.6. The van der Waals surface area contributed by atoms with E-state index < -0.39 is 0 Å². The highest BCUT2D eigenvalue weighted by Crippen LogP contribution is 2.57. The smallest absolute Gasteiger partial charge is 0.376 e. The normalized spacial score (nSPS) is 18.8. The van der Waals surface area contributed by atoms with Crippen LogP contribution >= 0.6 is 0 Å². The molecule has 0 atom stereocenters. The lowest BCUT2D eigenvalue weighted by atomic mass is 9.46. The Kier molecular flexibility index (Phi) is 7.86. The molecule has 9 aromatic rings. The maximum Gasteiger partial charge on any atom is 0.376 e. The van der Waals surface area contributed by atoms with Crippen LogP contribution in [0, 0.1) is 0 Å². The minimum atomic E-state index is -0.263. The quantitative estimate of drug-likeness (QED) is 0.154. The number of nitrogens with zero attached hydrogens (tertiary/aromatic N) is 2. The van der Waals surface area contributed by atoms with Gasteiger partial charge in [-0.3, -0.25) is 0 Å². The Morgan fingerprint density at radius 3 is 1.76 bits per heavy atom. The fourth-order valence-corrected chi connectivity index (χ4v) is 13.3. The van der Waals surface area contributed by atoms with Gasteiger partial charge in [0.1, 0.15) is 22.4 Å². The molecule has 6 aromatic carbocycles. The van der Waals surface area contributed by atoms with Gasteiger partial charge in [-0.1, -0.05) is 133 Å². The summed E-state index contributed by atoms with van der Waals surface area (Å²) < 4.78 is 17.7. The Hall–Kier alpha value is -5.68. The zero-order valence-corrected chi connectivity index (χ0v) is 42.3. The van der Waals surface area contributed by atoms with Crippen molar-refractivity contribution in [1.82, 2.24) is 4.57 Å². The molecule has 13 rings (SSSR count). The first-order chi connectivity index (χ1) is 31.5. The van der Waals surface area contributed by atoms with Crippen LogP contribution in [-0.4, -0.2) is 11.4 Å². The van der Waals surface area contributed by atoms with Gasteiger partial charge in [-0.2, -0.15) is 0 Å². The molecule has 0 bridgehead atoms. The molecule has 2 aliphatic carbocycles. The third-order valence-electron chi connectivity index (χ3n) is 17.6. The SMILES string of the molecule is CC(C)(C)c1ccc(N2B3c4oc5cc6c(cc5c4-n4c5ccc(C(C)(C)C)cc5c5c7oc8ccccc8c7c(c3c54)-c3cc4c(cc32)C(C)(C)CCC4(C)C)C(C)(C)CCC6(C)C)cc1. The number of hydrogen-bond donors (Lipinski definition) is 0. The van der Waals surface area contributed by atoms with E-state index in [1.54, 1.807) is 0 Å². The molecule has 5 heterocycles. The van der Waals surface area contributed by atoms with Crippen LogP contribution in [-0.2, 0) is 32.5 Å². The first-order valence-electron chi connectivity index (χ1n) is 25.1. The van der Waals surface area contributed by atoms with Crippen LogP contribution in [0.5, 0.6) is 0 Å². The van der Waals surface area contributed by atoms with Gasteiger partial charge in [0.25, 0.3) is 0 Å². The molecule has 0 radical (unpaired) electrons. The summed E-state index contributed by atoms with van der Waals surface area (Å²) in [5, 5.41) is 5.99. The Bertz CT molecular complexity index is 3660. The van der Waals surface area contributed by atoms with Crippen LogP contribution in [0.4, 0.5) is 11.4 Å². The van der Waals surface area contributed by atoms with E-state index in [-0.39, 0.29) is 39.3 Å². The first kappa shape index (κ1) is 41.5. The number of furan rings is 2. The molecule has 3 aromatic heterocycles. The van der Waals surface area contributed by atoms with E-state index in [4.69, 9.17) is 8.83 Å². The van der Waals surface area contributed by atoms with Crippen molar-refractivity contribution in [1.29, 1.82) is 0 Å². The van der Waals surface area contributed by atoms with Gasteiger partial charge in [0.15, 0.2) is 0 Å². The molecule has 0 N–H and O–H groups in total. The number of benzene rings is 6. The summed E-state index contributed by atoms with van der Waals surface area (Å²) in [6.07, 6.45) is 4.59. The van der Waals surface area contributed by atoms with E-state index in [1.165, 1.54) is 99.6 Å². The van der Waals surface area contributed by atoms with Crippen LogP contribution in [0.2, 0.25) is 0 Å². The van der Waals surface area contributed by atoms with Crippen molar-refractivity contribution in [3.05, 3.63) is 124 Å². The largest absolute Gasteiger partial charge is 0.466 e. The molecular formula is C62H65BN2O2. The molecule has 5 heteroatoms. The highest BCUT2D eigenvalue weighted by atomic mass is 16.3. The van der Waals surface area contributed by atoms with Gasteiger partial charge in [0.05, 0.1) is 22.1 Å². The summed E-state index contributed by atoms with van der Waals surface area (Å²) in [6.45, 7) is 33.3. The summed E-state index contributed by atoms with van der Waals surface area (Å²) in [7, 11) is 0.